The maximum Gasteiger partial charge on any atom is 0.138 e. The first-order valence-corrected chi connectivity index (χ1v) is 8.71. The summed E-state index contributed by atoms with van der Waals surface area (Å²) in [5.74, 6) is 2.89. The van der Waals surface area contributed by atoms with Crippen LogP contribution in [0.1, 0.15) is 71.2 Å². The molecule has 1 aliphatic carbocycles. The zero-order chi connectivity index (χ0) is 15.2. The van der Waals surface area contributed by atoms with Crippen LogP contribution in [-0.2, 0) is 6.42 Å². The van der Waals surface area contributed by atoms with Crippen molar-refractivity contribution in [2.24, 2.45) is 11.8 Å². The fourth-order valence-electron chi connectivity index (χ4n) is 3.84. The highest BCUT2D eigenvalue weighted by Gasteiger charge is 2.27. The lowest BCUT2D eigenvalue weighted by atomic mass is 9.76. The van der Waals surface area contributed by atoms with Gasteiger partial charge in [0.2, 0.25) is 0 Å². The Balaban J connectivity index is 1.93. The fraction of sp³-hybridized carbons (Fsp3) is 0.882. The van der Waals surface area contributed by atoms with Crippen molar-refractivity contribution < 1.29 is 0 Å². The van der Waals surface area contributed by atoms with E-state index in [1.807, 2.05) is 0 Å². The second kappa shape index (κ2) is 7.92. The monoisotopic (exact) mass is 292 g/mol. The molecule has 0 amide bonds. The average molecular weight is 292 g/mol. The lowest BCUT2D eigenvalue weighted by Gasteiger charge is -2.33. The third-order valence-electron chi connectivity index (χ3n) is 5.07. The highest BCUT2D eigenvalue weighted by atomic mass is 15.3. The molecule has 4 nitrogen and oxygen atoms in total. The number of nitrogens with zero attached hydrogens (tertiary/aromatic N) is 3. The van der Waals surface area contributed by atoms with Crippen LogP contribution in [0, 0.1) is 11.8 Å². The Morgan fingerprint density at radius 1 is 1.29 bits per heavy atom. The number of likely N-dealkylation sites (N-methyl/N-ethyl adjacent to an activating group) is 1. The number of rotatable bonds is 7. The number of hydrogen-bond donors (Lipinski definition) is 1. The molecule has 1 aliphatic rings. The molecule has 1 N–H and O–H groups in total. The van der Waals surface area contributed by atoms with Crippen molar-refractivity contribution in [3.05, 3.63) is 12.2 Å². The summed E-state index contributed by atoms with van der Waals surface area (Å²) in [6, 6.07) is 0.926. The smallest absolute Gasteiger partial charge is 0.138 e. The van der Waals surface area contributed by atoms with Gasteiger partial charge in [0.25, 0.3) is 0 Å². The van der Waals surface area contributed by atoms with E-state index < -0.39 is 0 Å². The summed E-state index contributed by atoms with van der Waals surface area (Å²) < 4.78 is 2.06. The standard InChI is InChI=1S/C17H32N4/c1-5-6-14-7-9-15(10-8-14)16(18-4)11-17-19-12-20-21(17)13(2)3/h12-16,18H,5-11H2,1-4H3. The predicted molar refractivity (Wildman–Crippen MR) is 87.3 cm³/mol. The SMILES string of the molecule is CCCC1CCC(C(Cc2ncnn2C(C)C)NC)CC1. The van der Waals surface area contributed by atoms with Crippen molar-refractivity contribution in [2.45, 2.75) is 77.8 Å². The van der Waals surface area contributed by atoms with Gasteiger partial charge in [0.05, 0.1) is 0 Å². The quantitative estimate of drug-likeness (QED) is 0.835. The largest absolute Gasteiger partial charge is 0.316 e. The molecule has 4 heteroatoms. The fourth-order valence-corrected chi connectivity index (χ4v) is 3.84. The number of hydrogen-bond acceptors (Lipinski definition) is 3. The molecule has 1 unspecified atom stereocenters. The van der Waals surface area contributed by atoms with Gasteiger partial charge in [-0.2, -0.15) is 5.10 Å². The molecule has 1 saturated carbocycles. The summed E-state index contributed by atoms with van der Waals surface area (Å²) in [5.41, 5.74) is 0. The van der Waals surface area contributed by atoms with E-state index in [-0.39, 0.29) is 0 Å². The van der Waals surface area contributed by atoms with Gasteiger partial charge in [0.1, 0.15) is 12.2 Å². The van der Waals surface area contributed by atoms with E-state index in [9.17, 15) is 0 Å². The van der Waals surface area contributed by atoms with Crippen LogP contribution < -0.4 is 5.32 Å². The highest BCUT2D eigenvalue weighted by Crippen LogP contribution is 2.34. The van der Waals surface area contributed by atoms with Crippen LogP contribution in [0.3, 0.4) is 0 Å². The van der Waals surface area contributed by atoms with Crippen LogP contribution in [-0.4, -0.2) is 27.9 Å². The van der Waals surface area contributed by atoms with E-state index >= 15 is 0 Å². The minimum Gasteiger partial charge on any atom is -0.316 e. The molecule has 1 heterocycles. The zero-order valence-electron chi connectivity index (χ0n) is 14.2. The topological polar surface area (TPSA) is 42.7 Å². The molecule has 0 bridgehead atoms. The Kier molecular flexibility index (Phi) is 6.22. The summed E-state index contributed by atoms with van der Waals surface area (Å²) in [6.45, 7) is 6.65. The summed E-state index contributed by atoms with van der Waals surface area (Å²) in [4.78, 5) is 4.48. The Bertz CT molecular complexity index is 405. The van der Waals surface area contributed by atoms with Crippen molar-refractivity contribution in [2.75, 3.05) is 7.05 Å². The first-order chi connectivity index (χ1) is 10.2. The molecule has 0 aliphatic heterocycles. The van der Waals surface area contributed by atoms with Crippen LogP contribution in [0.4, 0.5) is 0 Å². The van der Waals surface area contributed by atoms with E-state index in [0.29, 0.717) is 12.1 Å². The van der Waals surface area contributed by atoms with Crippen LogP contribution in [0.25, 0.3) is 0 Å². The molecule has 1 atom stereocenters. The van der Waals surface area contributed by atoms with Crippen LogP contribution >= 0.6 is 0 Å². The van der Waals surface area contributed by atoms with Gasteiger partial charge in [-0.1, -0.05) is 32.6 Å². The molecule has 0 radical (unpaired) electrons. The maximum atomic E-state index is 4.48. The van der Waals surface area contributed by atoms with E-state index in [1.165, 1.54) is 38.5 Å². The second-order valence-corrected chi connectivity index (χ2v) is 6.88. The molecule has 2 rings (SSSR count). The molecule has 0 aromatic carbocycles. The van der Waals surface area contributed by atoms with Crippen LogP contribution in [0.2, 0.25) is 0 Å². The van der Waals surface area contributed by atoms with Gasteiger partial charge in [-0.05, 0) is 45.6 Å². The van der Waals surface area contributed by atoms with Crippen LogP contribution in [0.5, 0.6) is 0 Å². The van der Waals surface area contributed by atoms with E-state index in [4.69, 9.17) is 0 Å². The van der Waals surface area contributed by atoms with E-state index in [2.05, 4.69) is 47.9 Å². The van der Waals surface area contributed by atoms with E-state index in [0.717, 1.165) is 24.1 Å². The van der Waals surface area contributed by atoms with Crippen molar-refractivity contribution in [3.8, 4) is 0 Å². The minimum absolute atomic E-state index is 0.389. The molecule has 0 saturated heterocycles. The lowest BCUT2D eigenvalue weighted by molar-refractivity contribution is 0.215. The van der Waals surface area contributed by atoms with Crippen molar-refractivity contribution >= 4 is 0 Å². The average Bonchev–Trinajstić information content (AvgIpc) is 2.94. The first kappa shape index (κ1) is 16.5. The molecule has 1 aromatic heterocycles. The predicted octanol–water partition coefficient (Wildman–Crippen LogP) is 3.60. The summed E-state index contributed by atoms with van der Waals surface area (Å²) in [6.07, 6.45) is 11.0. The third-order valence-corrected chi connectivity index (χ3v) is 5.07. The summed E-state index contributed by atoms with van der Waals surface area (Å²) in [5, 5.41) is 7.90. The third kappa shape index (κ3) is 4.29. The van der Waals surface area contributed by atoms with Gasteiger partial charge < -0.3 is 5.32 Å². The molecule has 0 spiro atoms. The van der Waals surface area contributed by atoms with Gasteiger partial charge in [-0.3, -0.25) is 0 Å². The second-order valence-electron chi connectivity index (χ2n) is 6.88. The molecule has 1 aromatic rings. The Labute approximate surface area is 129 Å². The molecule has 1 fully saturated rings. The van der Waals surface area contributed by atoms with Crippen molar-refractivity contribution in [1.82, 2.24) is 20.1 Å². The van der Waals surface area contributed by atoms with Gasteiger partial charge in [-0.25, -0.2) is 9.67 Å². The Morgan fingerprint density at radius 3 is 2.57 bits per heavy atom. The first-order valence-electron chi connectivity index (χ1n) is 8.71. The molecule has 21 heavy (non-hydrogen) atoms. The summed E-state index contributed by atoms with van der Waals surface area (Å²) in [7, 11) is 2.10. The van der Waals surface area contributed by atoms with Crippen molar-refractivity contribution in [3.63, 3.8) is 0 Å². The van der Waals surface area contributed by atoms with Gasteiger partial charge in [-0.15, -0.1) is 0 Å². The Morgan fingerprint density at radius 2 is 2.00 bits per heavy atom. The van der Waals surface area contributed by atoms with Crippen LogP contribution in [0.15, 0.2) is 6.33 Å². The van der Waals surface area contributed by atoms with E-state index in [1.54, 1.807) is 6.33 Å². The van der Waals surface area contributed by atoms with Crippen molar-refractivity contribution in [1.29, 1.82) is 0 Å². The Hall–Kier alpha value is -0.900. The van der Waals surface area contributed by atoms with Gasteiger partial charge >= 0.3 is 0 Å². The molecular formula is C17H32N4. The highest BCUT2D eigenvalue weighted by molar-refractivity contribution is 4.94. The molecule has 120 valence electrons. The minimum atomic E-state index is 0.389. The zero-order valence-corrected chi connectivity index (χ0v) is 14.2. The lowest BCUT2D eigenvalue weighted by Crippen LogP contribution is -2.38. The van der Waals surface area contributed by atoms with Gasteiger partial charge in [0.15, 0.2) is 0 Å². The molecular weight excluding hydrogens is 260 g/mol. The van der Waals surface area contributed by atoms with Gasteiger partial charge in [0, 0.05) is 18.5 Å². The number of nitrogens with one attached hydrogen (secondary N) is 1. The normalized spacial score (nSPS) is 24.4. The maximum absolute atomic E-state index is 4.48. The number of aromatic nitrogens is 3. The summed E-state index contributed by atoms with van der Waals surface area (Å²) >= 11 is 0.